The maximum absolute atomic E-state index is 11.9. The summed E-state index contributed by atoms with van der Waals surface area (Å²) in [5.74, 6) is 0.384. The van der Waals surface area contributed by atoms with Crippen LogP contribution in [0.1, 0.15) is 20.8 Å². The highest BCUT2D eigenvalue weighted by Gasteiger charge is 2.22. The average molecular weight is 253 g/mol. The number of rotatable bonds is 2. The first-order valence-corrected chi connectivity index (χ1v) is 5.51. The van der Waals surface area contributed by atoms with Crippen LogP contribution in [0, 0.1) is 0 Å². The van der Waals surface area contributed by atoms with Gasteiger partial charge in [0.05, 0.1) is 24.7 Å². The molecule has 0 bridgehead atoms. The Bertz CT molecular complexity index is 441. The summed E-state index contributed by atoms with van der Waals surface area (Å²) in [7, 11) is 3.08. The Morgan fingerprint density at radius 2 is 2.06 bits per heavy atom. The van der Waals surface area contributed by atoms with Gasteiger partial charge in [0.25, 0.3) is 0 Å². The molecule has 6 nitrogen and oxygen atoms in total. The number of aromatic nitrogens is 1. The van der Waals surface area contributed by atoms with Gasteiger partial charge in [-0.1, -0.05) is 0 Å². The van der Waals surface area contributed by atoms with Crippen molar-refractivity contribution in [2.24, 2.45) is 0 Å². The van der Waals surface area contributed by atoms with Crippen molar-refractivity contribution in [3.05, 3.63) is 12.3 Å². The SMILES string of the molecule is COc1cc(N(C)C(=O)OC(C)(C)C)c(N)cn1. The predicted octanol–water partition coefficient (Wildman–Crippen LogP) is 2.04. The molecule has 1 heterocycles. The number of hydrogen-bond acceptors (Lipinski definition) is 5. The first-order valence-electron chi connectivity index (χ1n) is 5.51. The van der Waals surface area contributed by atoms with Gasteiger partial charge in [-0.25, -0.2) is 9.78 Å². The van der Waals surface area contributed by atoms with Gasteiger partial charge < -0.3 is 15.2 Å². The molecule has 1 aromatic rings. The Labute approximate surface area is 107 Å². The summed E-state index contributed by atoms with van der Waals surface area (Å²) in [6.45, 7) is 5.40. The van der Waals surface area contributed by atoms with Crippen molar-refractivity contribution in [1.29, 1.82) is 0 Å². The number of nitrogens with zero attached hydrogens (tertiary/aromatic N) is 2. The molecule has 0 aliphatic heterocycles. The molecule has 0 spiro atoms. The number of carbonyl (C=O) groups excluding carboxylic acids is 1. The zero-order chi connectivity index (χ0) is 13.9. The van der Waals surface area contributed by atoms with E-state index in [-0.39, 0.29) is 0 Å². The first-order chi connectivity index (χ1) is 8.24. The summed E-state index contributed by atoms with van der Waals surface area (Å²) in [4.78, 5) is 17.2. The fourth-order valence-electron chi connectivity index (χ4n) is 1.27. The van der Waals surface area contributed by atoms with Gasteiger partial charge in [-0.3, -0.25) is 4.90 Å². The van der Waals surface area contributed by atoms with Crippen molar-refractivity contribution in [3.8, 4) is 5.88 Å². The minimum atomic E-state index is -0.558. The van der Waals surface area contributed by atoms with E-state index in [1.165, 1.54) is 18.2 Å². The van der Waals surface area contributed by atoms with Crippen molar-refractivity contribution in [3.63, 3.8) is 0 Å². The van der Waals surface area contributed by atoms with Crippen LogP contribution in [0.25, 0.3) is 0 Å². The lowest BCUT2D eigenvalue weighted by Crippen LogP contribution is -2.34. The molecule has 100 valence electrons. The van der Waals surface area contributed by atoms with Crippen molar-refractivity contribution in [2.75, 3.05) is 24.8 Å². The molecule has 6 heteroatoms. The molecular formula is C12H19N3O3. The van der Waals surface area contributed by atoms with Crippen molar-refractivity contribution in [2.45, 2.75) is 26.4 Å². The molecule has 0 atom stereocenters. The maximum atomic E-state index is 11.9. The van der Waals surface area contributed by atoms with Crippen LogP contribution in [0.3, 0.4) is 0 Å². The number of methoxy groups -OCH3 is 1. The molecule has 0 saturated heterocycles. The molecule has 2 N–H and O–H groups in total. The number of hydrogen-bond donors (Lipinski definition) is 1. The highest BCUT2D eigenvalue weighted by atomic mass is 16.6. The van der Waals surface area contributed by atoms with E-state index in [1.807, 2.05) is 0 Å². The number of amides is 1. The molecule has 18 heavy (non-hydrogen) atoms. The summed E-state index contributed by atoms with van der Waals surface area (Å²) in [5.41, 5.74) is 6.10. The van der Waals surface area contributed by atoms with Crippen LogP contribution in [-0.4, -0.2) is 30.8 Å². The summed E-state index contributed by atoms with van der Waals surface area (Å²) >= 11 is 0. The quantitative estimate of drug-likeness (QED) is 0.872. The van der Waals surface area contributed by atoms with Crippen LogP contribution < -0.4 is 15.4 Å². The minimum Gasteiger partial charge on any atom is -0.481 e. The Kier molecular flexibility index (Phi) is 4.00. The van der Waals surface area contributed by atoms with Crippen LogP contribution in [-0.2, 0) is 4.74 Å². The second kappa shape index (κ2) is 5.12. The molecule has 1 aromatic heterocycles. The normalized spacial score (nSPS) is 10.9. The summed E-state index contributed by atoms with van der Waals surface area (Å²) < 4.78 is 10.2. The fourth-order valence-corrected chi connectivity index (χ4v) is 1.27. The second-order valence-corrected chi connectivity index (χ2v) is 4.82. The third-order valence-corrected chi connectivity index (χ3v) is 2.12. The number of pyridine rings is 1. The van der Waals surface area contributed by atoms with E-state index in [0.717, 1.165) is 0 Å². The Hall–Kier alpha value is -1.98. The van der Waals surface area contributed by atoms with Gasteiger partial charge in [-0.15, -0.1) is 0 Å². The van der Waals surface area contributed by atoms with Crippen LogP contribution >= 0.6 is 0 Å². The standard InChI is InChI=1S/C12H19N3O3/c1-12(2,3)18-11(16)15(4)9-6-10(17-5)14-7-8(9)13/h6-7H,13H2,1-5H3. The Balaban J connectivity index is 2.96. The van der Waals surface area contributed by atoms with Gasteiger partial charge in [0, 0.05) is 13.1 Å². The highest BCUT2D eigenvalue weighted by molar-refractivity contribution is 5.91. The molecule has 1 amide bonds. The van der Waals surface area contributed by atoms with Gasteiger partial charge in [0.2, 0.25) is 5.88 Å². The molecule has 0 unspecified atom stereocenters. The third kappa shape index (κ3) is 3.51. The Morgan fingerprint density at radius 3 is 2.56 bits per heavy atom. The summed E-state index contributed by atoms with van der Waals surface area (Å²) in [5, 5.41) is 0. The van der Waals surface area contributed by atoms with Crippen LogP contribution in [0.5, 0.6) is 5.88 Å². The van der Waals surface area contributed by atoms with Crippen molar-refractivity contribution in [1.82, 2.24) is 4.98 Å². The van der Waals surface area contributed by atoms with E-state index in [1.54, 1.807) is 33.9 Å². The van der Waals surface area contributed by atoms with Crippen molar-refractivity contribution < 1.29 is 14.3 Å². The number of carbonyl (C=O) groups is 1. The van der Waals surface area contributed by atoms with Gasteiger partial charge in [0.15, 0.2) is 0 Å². The van der Waals surface area contributed by atoms with E-state index >= 15 is 0 Å². The predicted molar refractivity (Wildman–Crippen MR) is 69.8 cm³/mol. The molecule has 0 saturated carbocycles. The molecule has 0 aliphatic carbocycles. The van der Waals surface area contributed by atoms with E-state index in [2.05, 4.69) is 4.98 Å². The lowest BCUT2D eigenvalue weighted by Gasteiger charge is -2.25. The number of nitrogen functional groups attached to an aromatic ring is 1. The van der Waals surface area contributed by atoms with Gasteiger partial charge in [-0.05, 0) is 20.8 Å². The summed E-state index contributed by atoms with van der Waals surface area (Å²) in [6, 6.07) is 1.58. The first kappa shape index (κ1) is 14.1. The molecule has 1 rings (SSSR count). The smallest absolute Gasteiger partial charge is 0.414 e. The maximum Gasteiger partial charge on any atom is 0.414 e. The van der Waals surface area contributed by atoms with Gasteiger partial charge in [-0.2, -0.15) is 0 Å². The van der Waals surface area contributed by atoms with E-state index < -0.39 is 11.7 Å². The molecule has 0 aliphatic rings. The zero-order valence-electron chi connectivity index (χ0n) is 11.4. The van der Waals surface area contributed by atoms with Crippen LogP contribution in [0.15, 0.2) is 12.3 Å². The van der Waals surface area contributed by atoms with E-state index in [0.29, 0.717) is 17.3 Å². The van der Waals surface area contributed by atoms with E-state index in [4.69, 9.17) is 15.2 Å². The van der Waals surface area contributed by atoms with Crippen molar-refractivity contribution >= 4 is 17.5 Å². The Morgan fingerprint density at radius 1 is 1.44 bits per heavy atom. The number of anilines is 2. The molecule has 0 aromatic carbocycles. The fraction of sp³-hybridized carbons (Fsp3) is 0.500. The third-order valence-electron chi connectivity index (χ3n) is 2.12. The van der Waals surface area contributed by atoms with Crippen LogP contribution in [0.4, 0.5) is 16.2 Å². The molecular weight excluding hydrogens is 234 g/mol. The second-order valence-electron chi connectivity index (χ2n) is 4.82. The lowest BCUT2D eigenvalue weighted by molar-refractivity contribution is 0.0589. The van der Waals surface area contributed by atoms with Gasteiger partial charge in [0.1, 0.15) is 5.60 Å². The minimum absolute atomic E-state index is 0.379. The summed E-state index contributed by atoms with van der Waals surface area (Å²) in [6.07, 6.45) is 0.956. The van der Waals surface area contributed by atoms with E-state index in [9.17, 15) is 4.79 Å². The largest absolute Gasteiger partial charge is 0.481 e. The average Bonchev–Trinajstić information content (AvgIpc) is 2.26. The lowest BCUT2D eigenvalue weighted by atomic mass is 10.2. The highest BCUT2D eigenvalue weighted by Crippen LogP contribution is 2.26. The number of ether oxygens (including phenoxy) is 2. The molecule has 0 radical (unpaired) electrons. The zero-order valence-corrected chi connectivity index (χ0v) is 11.4. The van der Waals surface area contributed by atoms with Gasteiger partial charge >= 0.3 is 6.09 Å². The topological polar surface area (TPSA) is 77.7 Å². The van der Waals surface area contributed by atoms with Crippen LogP contribution in [0.2, 0.25) is 0 Å². The molecule has 0 fully saturated rings. The number of nitrogens with two attached hydrogens (primary N) is 1. The monoisotopic (exact) mass is 253 g/mol.